The summed E-state index contributed by atoms with van der Waals surface area (Å²) in [6.45, 7) is 4.88. The quantitative estimate of drug-likeness (QED) is 0.509. The number of anilines is 1. The van der Waals surface area contributed by atoms with Crippen LogP contribution < -0.4 is 5.32 Å². The molecule has 1 fully saturated rings. The van der Waals surface area contributed by atoms with Gasteiger partial charge in [-0.25, -0.2) is 4.79 Å². The summed E-state index contributed by atoms with van der Waals surface area (Å²) in [6.07, 6.45) is 5.61. The average molecular weight is 423 g/mol. The number of methoxy groups -OCH3 is 1. The minimum Gasteiger partial charge on any atom is -0.465 e. The molecule has 0 aromatic carbocycles. The van der Waals surface area contributed by atoms with E-state index in [0.29, 0.717) is 16.5 Å². The second kappa shape index (κ2) is 9.56. The van der Waals surface area contributed by atoms with Gasteiger partial charge in [-0.2, -0.15) is 0 Å². The van der Waals surface area contributed by atoms with E-state index in [1.807, 2.05) is 6.92 Å². The Kier molecular flexibility index (Phi) is 7.12. The first kappa shape index (κ1) is 20.9. The first-order chi connectivity index (χ1) is 13.6. The van der Waals surface area contributed by atoms with Gasteiger partial charge in [-0.05, 0) is 32.3 Å². The zero-order chi connectivity index (χ0) is 20.1. The van der Waals surface area contributed by atoms with Gasteiger partial charge in [0.1, 0.15) is 10.8 Å². The highest BCUT2D eigenvalue weighted by Gasteiger charge is 2.24. The van der Waals surface area contributed by atoms with Crippen molar-refractivity contribution < 1.29 is 14.3 Å². The van der Waals surface area contributed by atoms with Crippen molar-refractivity contribution in [3.8, 4) is 0 Å². The Labute approximate surface area is 173 Å². The van der Waals surface area contributed by atoms with E-state index < -0.39 is 5.97 Å². The molecule has 152 valence electrons. The summed E-state index contributed by atoms with van der Waals surface area (Å²) in [6, 6.07) is 1.78. The van der Waals surface area contributed by atoms with Gasteiger partial charge in [-0.3, -0.25) is 4.79 Å². The summed E-state index contributed by atoms with van der Waals surface area (Å²) in [5, 5.41) is 12.9. The summed E-state index contributed by atoms with van der Waals surface area (Å²) in [7, 11) is 1.34. The highest BCUT2D eigenvalue weighted by molar-refractivity contribution is 7.99. The van der Waals surface area contributed by atoms with Gasteiger partial charge in [0.15, 0.2) is 5.16 Å². The maximum atomic E-state index is 12.5. The Morgan fingerprint density at radius 1 is 1.32 bits per heavy atom. The van der Waals surface area contributed by atoms with Crippen LogP contribution in [0.1, 0.15) is 66.5 Å². The molecule has 28 heavy (non-hydrogen) atoms. The smallest absolute Gasteiger partial charge is 0.340 e. The van der Waals surface area contributed by atoms with Crippen LogP contribution in [0.15, 0.2) is 11.2 Å². The van der Waals surface area contributed by atoms with E-state index in [2.05, 4.69) is 27.0 Å². The molecule has 1 N–H and O–H groups in total. The molecular weight excluding hydrogens is 396 g/mol. The minimum absolute atomic E-state index is 0.173. The fourth-order valence-electron chi connectivity index (χ4n) is 3.45. The Morgan fingerprint density at radius 2 is 2.07 bits per heavy atom. The van der Waals surface area contributed by atoms with Gasteiger partial charge < -0.3 is 14.6 Å². The van der Waals surface area contributed by atoms with Crippen molar-refractivity contribution in [2.45, 2.75) is 63.6 Å². The van der Waals surface area contributed by atoms with Crippen molar-refractivity contribution in [1.29, 1.82) is 0 Å². The lowest BCUT2D eigenvalue weighted by molar-refractivity contribution is -0.113. The molecule has 1 aliphatic rings. The fraction of sp³-hybridized carbons (Fsp3) is 0.579. The number of amides is 1. The Hall–Kier alpha value is -1.87. The molecule has 3 rings (SSSR count). The number of carbonyl (C=O) groups is 2. The van der Waals surface area contributed by atoms with Crippen molar-refractivity contribution in [1.82, 2.24) is 14.8 Å². The van der Waals surface area contributed by atoms with Crippen LogP contribution in [0.25, 0.3) is 0 Å². The highest BCUT2D eigenvalue weighted by Crippen LogP contribution is 2.34. The van der Waals surface area contributed by atoms with Crippen LogP contribution in [0, 0.1) is 0 Å². The first-order valence-electron chi connectivity index (χ1n) is 9.64. The third-order valence-corrected chi connectivity index (χ3v) is 7.07. The summed E-state index contributed by atoms with van der Waals surface area (Å²) in [4.78, 5) is 25.4. The van der Waals surface area contributed by atoms with Crippen molar-refractivity contribution >= 4 is 40.0 Å². The Bertz CT molecular complexity index is 840. The SMILES string of the molecule is CCc1cc(C(=O)OC)c(NC(=O)CSc2nnc(C3CCCC3)n2CC)s1. The number of esters is 1. The van der Waals surface area contributed by atoms with Gasteiger partial charge in [0, 0.05) is 17.3 Å². The summed E-state index contributed by atoms with van der Waals surface area (Å²) in [5.41, 5.74) is 0.406. The number of nitrogens with zero attached hydrogens (tertiary/aromatic N) is 3. The van der Waals surface area contributed by atoms with E-state index in [1.54, 1.807) is 6.07 Å². The van der Waals surface area contributed by atoms with E-state index in [1.165, 1.54) is 43.1 Å². The zero-order valence-corrected chi connectivity index (χ0v) is 18.1. The van der Waals surface area contributed by atoms with Crippen LogP contribution in [0.2, 0.25) is 0 Å². The first-order valence-corrected chi connectivity index (χ1v) is 11.4. The maximum absolute atomic E-state index is 12.5. The van der Waals surface area contributed by atoms with Crippen molar-refractivity contribution in [3.63, 3.8) is 0 Å². The van der Waals surface area contributed by atoms with Gasteiger partial charge in [0.2, 0.25) is 5.91 Å². The van der Waals surface area contributed by atoms with Crippen LogP contribution in [0.5, 0.6) is 0 Å². The average Bonchev–Trinajstić information content (AvgIpc) is 3.44. The van der Waals surface area contributed by atoms with E-state index >= 15 is 0 Å². The standard InChI is InChI=1S/C19H26N4O3S2/c1-4-13-10-14(18(25)26-3)17(28-13)20-15(24)11-27-19-22-21-16(23(19)5-2)12-8-6-7-9-12/h10,12H,4-9,11H2,1-3H3,(H,20,24). The molecule has 0 saturated heterocycles. The topological polar surface area (TPSA) is 86.1 Å². The predicted molar refractivity (Wildman–Crippen MR) is 111 cm³/mol. The van der Waals surface area contributed by atoms with E-state index in [9.17, 15) is 9.59 Å². The maximum Gasteiger partial charge on any atom is 0.340 e. The number of hydrogen-bond acceptors (Lipinski definition) is 7. The molecule has 1 amide bonds. The summed E-state index contributed by atoms with van der Waals surface area (Å²) < 4.78 is 6.94. The van der Waals surface area contributed by atoms with Crippen LogP contribution in [-0.2, 0) is 22.5 Å². The number of hydrogen-bond donors (Lipinski definition) is 1. The van der Waals surface area contributed by atoms with Crippen molar-refractivity contribution in [2.75, 3.05) is 18.2 Å². The second-order valence-corrected chi connectivity index (χ2v) is 8.78. The normalized spacial score (nSPS) is 14.4. The lowest BCUT2D eigenvalue weighted by Crippen LogP contribution is -2.16. The number of aryl methyl sites for hydroxylation is 1. The molecular formula is C19H26N4O3S2. The largest absolute Gasteiger partial charge is 0.465 e. The molecule has 1 saturated carbocycles. The number of rotatable bonds is 8. The number of thioether (sulfide) groups is 1. The van der Waals surface area contributed by atoms with Crippen molar-refractivity contribution in [3.05, 3.63) is 22.3 Å². The zero-order valence-electron chi connectivity index (χ0n) is 16.5. The lowest BCUT2D eigenvalue weighted by atomic mass is 10.1. The molecule has 1 aliphatic carbocycles. The van der Waals surface area contributed by atoms with Crippen LogP contribution in [-0.4, -0.2) is 39.5 Å². The number of thiophene rings is 1. The van der Waals surface area contributed by atoms with E-state index in [-0.39, 0.29) is 11.7 Å². The number of carbonyl (C=O) groups excluding carboxylic acids is 2. The van der Waals surface area contributed by atoms with E-state index in [0.717, 1.165) is 41.7 Å². The Balaban J connectivity index is 1.65. The highest BCUT2D eigenvalue weighted by atomic mass is 32.2. The third kappa shape index (κ3) is 4.57. The van der Waals surface area contributed by atoms with Gasteiger partial charge in [-0.1, -0.05) is 31.5 Å². The molecule has 0 aliphatic heterocycles. The molecule has 0 bridgehead atoms. The van der Waals surface area contributed by atoms with Crippen LogP contribution in [0.3, 0.4) is 0 Å². The number of ether oxygens (including phenoxy) is 1. The van der Waals surface area contributed by atoms with Gasteiger partial charge >= 0.3 is 5.97 Å². The second-order valence-electron chi connectivity index (χ2n) is 6.70. The molecule has 2 aromatic heterocycles. The lowest BCUT2D eigenvalue weighted by Gasteiger charge is -2.11. The van der Waals surface area contributed by atoms with Crippen LogP contribution in [0.4, 0.5) is 5.00 Å². The summed E-state index contributed by atoms with van der Waals surface area (Å²) >= 11 is 2.78. The van der Waals surface area contributed by atoms with Gasteiger partial charge in [0.25, 0.3) is 0 Å². The van der Waals surface area contributed by atoms with Gasteiger partial charge in [0.05, 0.1) is 18.4 Å². The van der Waals surface area contributed by atoms with Crippen molar-refractivity contribution in [2.24, 2.45) is 0 Å². The van der Waals surface area contributed by atoms with Gasteiger partial charge in [-0.15, -0.1) is 21.5 Å². The molecule has 9 heteroatoms. The number of nitrogens with one attached hydrogen (secondary N) is 1. The minimum atomic E-state index is -0.439. The van der Waals surface area contributed by atoms with E-state index in [4.69, 9.17) is 4.74 Å². The molecule has 0 spiro atoms. The summed E-state index contributed by atoms with van der Waals surface area (Å²) in [5.74, 6) is 1.13. The number of aromatic nitrogens is 3. The fourth-order valence-corrected chi connectivity index (χ4v) is 5.26. The molecule has 2 aromatic rings. The predicted octanol–water partition coefficient (Wildman–Crippen LogP) is 4.10. The molecule has 0 radical (unpaired) electrons. The van der Waals surface area contributed by atoms with Crippen LogP contribution >= 0.6 is 23.1 Å². The third-order valence-electron chi connectivity index (χ3n) is 4.90. The molecule has 2 heterocycles. The molecule has 0 atom stereocenters. The molecule has 0 unspecified atom stereocenters. The monoisotopic (exact) mass is 422 g/mol. The molecule has 7 nitrogen and oxygen atoms in total. The Morgan fingerprint density at radius 3 is 2.71 bits per heavy atom.